The van der Waals surface area contributed by atoms with Gasteiger partial charge in [0, 0.05) is 12.6 Å². The molecule has 0 fully saturated rings. The zero-order valence-electron chi connectivity index (χ0n) is 11.9. The van der Waals surface area contributed by atoms with Crippen LogP contribution in [0.5, 0.6) is 0 Å². The van der Waals surface area contributed by atoms with Crippen LogP contribution in [0.1, 0.15) is 26.0 Å². The first-order valence-electron chi connectivity index (χ1n) is 6.52. The second kappa shape index (κ2) is 7.12. The highest BCUT2D eigenvalue weighted by Gasteiger charge is 2.13. The summed E-state index contributed by atoms with van der Waals surface area (Å²) in [5.74, 6) is 0.502. The van der Waals surface area contributed by atoms with Gasteiger partial charge in [0.15, 0.2) is 0 Å². The Kier molecular flexibility index (Phi) is 6.12. The molecule has 0 aliphatic heterocycles. The number of hydrogen-bond acceptors (Lipinski definition) is 3. The van der Waals surface area contributed by atoms with Crippen molar-refractivity contribution in [1.29, 1.82) is 0 Å². The van der Waals surface area contributed by atoms with E-state index in [0.717, 1.165) is 36.6 Å². The molecule has 2 N–H and O–H groups in total. The van der Waals surface area contributed by atoms with Gasteiger partial charge in [-0.1, -0.05) is 25.4 Å². The smallest absolute Gasteiger partial charge is 0.0817 e. The minimum Gasteiger partial charge on any atom is -0.327 e. The van der Waals surface area contributed by atoms with Gasteiger partial charge in [0.2, 0.25) is 0 Å². The normalized spacial score (nSPS) is 13.6. The van der Waals surface area contributed by atoms with Gasteiger partial charge in [-0.3, -0.25) is 4.68 Å². The molecule has 1 aromatic heterocycles. The van der Waals surface area contributed by atoms with Crippen molar-refractivity contribution in [1.82, 2.24) is 14.7 Å². The minimum absolute atomic E-state index is 0.221. The predicted octanol–water partition coefficient (Wildman–Crippen LogP) is 2.01. The average molecular weight is 273 g/mol. The molecule has 0 saturated heterocycles. The van der Waals surface area contributed by atoms with E-state index in [-0.39, 0.29) is 6.04 Å². The van der Waals surface area contributed by atoms with Gasteiger partial charge in [0.1, 0.15) is 0 Å². The minimum atomic E-state index is 0.221. The second-order valence-electron chi connectivity index (χ2n) is 5.41. The number of likely N-dealkylation sites (N-methyl/N-ethyl adjacent to an activating group) is 1. The number of aromatic nitrogens is 2. The molecule has 0 aromatic carbocycles. The third kappa shape index (κ3) is 4.59. The summed E-state index contributed by atoms with van der Waals surface area (Å²) in [6.07, 6.45) is 3.57. The van der Waals surface area contributed by atoms with Crippen LogP contribution in [0.4, 0.5) is 0 Å². The number of nitrogens with zero attached hydrogens (tertiary/aromatic N) is 3. The lowest BCUT2D eigenvalue weighted by molar-refractivity contribution is 0.367. The SMILES string of the molecule is CC(C)C(N)CCc1c(Cl)cnn1CCN(C)C. The maximum atomic E-state index is 6.19. The zero-order valence-corrected chi connectivity index (χ0v) is 12.6. The van der Waals surface area contributed by atoms with Crippen molar-refractivity contribution in [2.24, 2.45) is 11.7 Å². The van der Waals surface area contributed by atoms with Crippen molar-refractivity contribution in [2.75, 3.05) is 20.6 Å². The molecule has 5 heteroatoms. The summed E-state index contributed by atoms with van der Waals surface area (Å²) in [5, 5.41) is 5.08. The quantitative estimate of drug-likeness (QED) is 0.826. The van der Waals surface area contributed by atoms with Crippen LogP contribution in [-0.2, 0) is 13.0 Å². The van der Waals surface area contributed by atoms with Crippen LogP contribution in [-0.4, -0.2) is 41.4 Å². The molecule has 1 heterocycles. The van der Waals surface area contributed by atoms with Gasteiger partial charge in [-0.05, 0) is 32.9 Å². The molecule has 0 bridgehead atoms. The highest BCUT2D eigenvalue weighted by atomic mass is 35.5. The number of rotatable bonds is 7. The third-order valence-electron chi connectivity index (χ3n) is 3.23. The van der Waals surface area contributed by atoms with Gasteiger partial charge in [0.05, 0.1) is 23.5 Å². The van der Waals surface area contributed by atoms with Crippen molar-refractivity contribution < 1.29 is 0 Å². The van der Waals surface area contributed by atoms with Crippen LogP contribution in [0.2, 0.25) is 5.02 Å². The van der Waals surface area contributed by atoms with Crippen LogP contribution in [0.15, 0.2) is 6.20 Å². The van der Waals surface area contributed by atoms with Gasteiger partial charge < -0.3 is 10.6 Å². The highest BCUT2D eigenvalue weighted by Crippen LogP contribution is 2.18. The molecule has 1 unspecified atom stereocenters. The molecule has 0 spiro atoms. The van der Waals surface area contributed by atoms with Crippen molar-refractivity contribution in [3.8, 4) is 0 Å². The lowest BCUT2D eigenvalue weighted by Crippen LogP contribution is -2.27. The summed E-state index contributed by atoms with van der Waals surface area (Å²) in [7, 11) is 4.11. The maximum Gasteiger partial charge on any atom is 0.0817 e. The first kappa shape index (κ1) is 15.5. The molecule has 0 aliphatic rings. The number of hydrogen-bond donors (Lipinski definition) is 1. The molecule has 0 aliphatic carbocycles. The summed E-state index contributed by atoms with van der Waals surface area (Å²) in [6, 6.07) is 0.221. The second-order valence-corrected chi connectivity index (χ2v) is 5.82. The van der Waals surface area contributed by atoms with Crippen molar-refractivity contribution >= 4 is 11.6 Å². The maximum absolute atomic E-state index is 6.19. The first-order valence-corrected chi connectivity index (χ1v) is 6.90. The van der Waals surface area contributed by atoms with Gasteiger partial charge in [-0.2, -0.15) is 5.10 Å². The molecule has 0 saturated carbocycles. The molecule has 0 amide bonds. The molecule has 1 atom stereocenters. The fourth-order valence-electron chi connectivity index (χ4n) is 1.76. The van der Waals surface area contributed by atoms with E-state index in [2.05, 4.69) is 37.9 Å². The van der Waals surface area contributed by atoms with Crippen molar-refractivity contribution in [3.63, 3.8) is 0 Å². The molecular weight excluding hydrogens is 248 g/mol. The monoisotopic (exact) mass is 272 g/mol. The lowest BCUT2D eigenvalue weighted by Gasteiger charge is -2.16. The Balaban J connectivity index is 2.60. The van der Waals surface area contributed by atoms with Gasteiger partial charge >= 0.3 is 0 Å². The molecule has 1 aromatic rings. The van der Waals surface area contributed by atoms with E-state index in [1.165, 1.54) is 0 Å². The molecule has 18 heavy (non-hydrogen) atoms. The van der Waals surface area contributed by atoms with Crippen LogP contribution >= 0.6 is 11.6 Å². The van der Waals surface area contributed by atoms with E-state index < -0.39 is 0 Å². The zero-order chi connectivity index (χ0) is 13.7. The summed E-state index contributed by atoms with van der Waals surface area (Å²) in [4.78, 5) is 2.14. The molecule has 104 valence electrons. The van der Waals surface area contributed by atoms with E-state index in [1.54, 1.807) is 6.20 Å². The topological polar surface area (TPSA) is 47.1 Å². The lowest BCUT2D eigenvalue weighted by atomic mass is 9.99. The molecule has 0 radical (unpaired) electrons. The Labute approximate surface area is 115 Å². The summed E-state index contributed by atoms with van der Waals surface area (Å²) < 4.78 is 2.00. The fourth-order valence-corrected chi connectivity index (χ4v) is 2.00. The standard InChI is InChI=1S/C13H25ClN4/c1-10(2)12(15)5-6-13-11(14)9-16-18(13)8-7-17(3)4/h9-10,12H,5-8,15H2,1-4H3. The van der Waals surface area contributed by atoms with Gasteiger partial charge in [0.25, 0.3) is 0 Å². The fraction of sp³-hybridized carbons (Fsp3) is 0.769. The Hall–Kier alpha value is -0.580. The van der Waals surface area contributed by atoms with E-state index in [4.69, 9.17) is 17.3 Å². The van der Waals surface area contributed by atoms with E-state index in [0.29, 0.717) is 5.92 Å². The van der Waals surface area contributed by atoms with E-state index in [9.17, 15) is 0 Å². The summed E-state index contributed by atoms with van der Waals surface area (Å²) in [6.45, 7) is 6.12. The van der Waals surface area contributed by atoms with Crippen LogP contribution in [0.3, 0.4) is 0 Å². The molecule has 4 nitrogen and oxygen atoms in total. The van der Waals surface area contributed by atoms with Gasteiger partial charge in [-0.15, -0.1) is 0 Å². The predicted molar refractivity (Wildman–Crippen MR) is 76.9 cm³/mol. The Morgan fingerprint density at radius 2 is 2.11 bits per heavy atom. The Bertz CT molecular complexity index is 360. The van der Waals surface area contributed by atoms with Crippen LogP contribution in [0.25, 0.3) is 0 Å². The highest BCUT2D eigenvalue weighted by molar-refractivity contribution is 6.31. The van der Waals surface area contributed by atoms with Crippen LogP contribution < -0.4 is 5.73 Å². The average Bonchev–Trinajstić information content (AvgIpc) is 2.64. The Morgan fingerprint density at radius 1 is 1.44 bits per heavy atom. The van der Waals surface area contributed by atoms with Crippen molar-refractivity contribution in [2.45, 2.75) is 39.3 Å². The largest absolute Gasteiger partial charge is 0.327 e. The third-order valence-corrected chi connectivity index (χ3v) is 3.54. The molecular formula is C13H25ClN4. The number of halogens is 1. The number of nitrogens with two attached hydrogens (primary N) is 1. The summed E-state index contributed by atoms with van der Waals surface area (Å²) in [5.41, 5.74) is 7.18. The first-order chi connectivity index (χ1) is 8.41. The Morgan fingerprint density at radius 3 is 2.67 bits per heavy atom. The van der Waals surface area contributed by atoms with Gasteiger partial charge in [-0.25, -0.2) is 0 Å². The van der Waals surface area contributed by atoms with E-state index in [1.807, 2.05) is 4.68 Å². The molecule has 1 rings (SSSR count). The van der Waals surface area contributed by atoms with E-state index >= 15 is 0 Å². The van der Waals surface area contributed by atoms with Crippen molar-refractivity contribution in [3.05, 3.63) is 16.9 Å². The summed E-state index contributed by atoms with van der Waals surface area (Å²) >= 11 is 6.19. The van der Waals surface area contributed by atoms with Crippen LogP contribution in [0, 0.1) is 5.92 Å².